The van der Waals surface area contributed by atoms with Crippen molar-refractivity contribution >= 4 is 17.6 Å². The number of ether oxygens (including phenoxy) is 1. The average molecular weight is 564 g/mol. The molecule has 3 aliphatic rings. The van der Waals surface area contributed by atoms with E-state index in [2.05, 4.69) is 30.9 Å². The zero-order chi connectivity index (χ0) is 28.7. The second kappa shape index (κ2) is 11.3. The van der Waals surface area contributed by atoms with Crippen molar-refractivity contribution in [2.45, 2.75) is 77.8 Å². The Morgan fingerprint density at radius 1 is 1.12 bits per heavy atom. The number of aromatic nitrogens is 5. The average Bonchev–Trinajstić information content (AvgIpc) is 3.90. The van der Waals surface area contributed by atoms with Gasteiger partial charge in [0.05, 0.1) is 23.5 Å². The molecule has 0 aromatic carbocycles. The number of hydrogen-bond donors (Lipinski definition) is 3. The lowest BCUT2D eigenvalue weighted by atomic mass is 9.88. The van der Waals surface area contributed by atoms with E-state index in [0.29, 0.717) is 53.9 Å². The van der Waals surface area contributed by atoms with Crippen LogP contribution in [0.4, 0.5) is 10.2 Å². The van der Waals surface area contributed by atoms with E-state index in [4.69, 9.17) is 4.74 Å². The van der Waals surface area contributed by atoms with Crippen molar-refractivity contribution in [3.8, 4) is 11.1 Å². The van der Waals surface area contributed by atoms with Crippen LogP contribution in [-0.4, -0.2) is 56.0 Å². The number of anilines is 1. The number of nitrogens with one attached hydrogen (secondary N) is 3. The third-order valence-corrected chi connectivity index (χ3v) is 8.86. The number of carbonyl (C=O) groups is 2. The third kappa shape index (κ3) is 5.64. The molecule has 6 rings (SSSR count). The third-order valence-electron chi connectivity index (χ3n) is 8.86. The SMILES string of the molecule is CCc1[nH]nc(C)c1-c1ccc(NC(=O)[C@@H](NC(=O)c2cnn(C3CCOCC3)c2C)C(C2CC2)C2CC2)nc1F. The quantitative estimate of drug-likeness (QED) is 0.312. The van der Waals surface area contributed by atoms with Gasteiger partial charge in [0, 0.05) is 35.7 Å². The number of nitrogens with zero attached hydrogens (tertiary/aromatic N) is 4. The lowest BCUT2D eigenvalue weighted by molar-refractivity contribution is -0.119. The molecule has 0 radical (unpaired) electrons. The van der Waals surface area contributed by atoms with Crippen LogP contribution in [0.2, 0.25) is 0 Å². The summed E-state index contributed by atoms with van der Waals surface area (Å²) in [6.45, 7) is 7.03. The van der Waals surface area contributed by atoms with Crippen molar-refractivity contribution in [3.63, 3.8) is 0 Å². The Kier molecular flexibility index (Phi) is 7.63. The number of amides is 2. The van der Waals surface area contributed by atoms with Gasteiger partial charge < -0.3 is 15.4 Å². The van der Waals surface area contributed by atoms with Crippen molar-refractivity contribution in [1.82, 2.24) is 30.3 Å². The molecule has 2 aliphatic carbocycles. The van der Waals surface area contributed by atoms with Crippen LogP contribution >= 0.6 is 0 Å². The molecule has 3 aromatic rings. The number of aryl methyl sites for hydroxylation is 2. The van der Waals surface area contributed by atoms with Crippen molar-refractivity contribution in [1.29, 1.82) is 0 Å². The highest BCUT2D eigenvalue weighted by Gasteiger charge is 2.48. The smallest absolute Gasteiger partial charge is 0.255 e. The predicted molar refractivity (Wildman–Crippen MR) is 151 cm³/mol. The summed E-state index contributed by atoms with van der Waals surface area (Å²) in [6, 6.07) is 2.67. The molecule has 11 heteroatoms. The maximum absolute atomic E-state index is 15.2. The molecule has 1 saturated heterocycles. The summed E-state index contributed by atoms with van der Waals surface area (Å²) in [5.74, 6) is -0.423. The zero-order valence-electron chi connectivity index (χ0n) is 23.9. The van der Waals surface area contributed by atoms with Gasteiger partial charge in [0.2, 0.25) is 11.9 Å². The van der Waals surface area contributed by atoms with Crippen molar-refractivity contribution in [3.05, 3.63) is 46.9 Å². The van der Waals surface area contributed by atoms with Gasteiger partial charge in [-0.15, -0.1) is 0 Å². The standard InChI is InChI=1S/C30H38FN7O3/c1-4-23-25(16(2)36-37-23)21-9-10-24(33-28(21)31)34-30(40)27(26(18-5-6-18)19-7-8-19)35-29(39)22-15-32-38(17(22)3)20-11-13-41-14-12-20/h9-10,15,18-20,26-27H,4-8,11-14H2,1-3H3,(H,35,39)(H,36,37)(H,33,34,40)/t27-/m0/s1. The van der Waals surface area contributed by atoms with E-state index in [1.54, 1.807) is 18.3 Å². The number of halogens is 1. The van der Waals surface area contributed by atoms with Crippen LogP contribution < -0.4 is 10.6 Å². The van der Waals surface area contributed by atoms with E-state index >= 15 is 4.39 Å². The van der Waals surface area contributed by atoms with Crippen LogP contribution in [0.3, 0.4) is 0 Å². The minimum absolute atomic E-state index is 0.0367. The normalized spacial score (nSPS) is 18.5. The summed E-state index contributed by atoms with van der Waals surface area (Å²) in [4.78, 5) is 31.4. The van der Waals surface area contributed by atoms with Crippen LogP contribution in [0.25, 0.3) is 11.1 Å². The topological polar surface area (TPSA) is 127 Å². The van der Waals surface area contributed by atoms with Crippen LogP contribution in [-0.2, 0) is 16.0 Å². The molecule has 0 bridgehead atoms. The summed E-state index contributed by atoms with van der Waals surface area (Å²) < 4.78 is 22.6. The molecule has 218 valence electrons. The Morgan fingerprint density at radius 3 is 2.46 bits per heavy atom. The Labute approximate surface area is 238 Å². The van der Waals surface area contributed by atoms with Gasteiger partial charge in [-0.1, -0.05) is 6.92 Å². The van der Waals surface area contributed by atoms with Crippen LogP contribution in [0.15, 0.2) is 18.3 Å². The lowest BCUT2D eigenvalue weighted by Crippen LogP contribution is -2.50. The maximum Gasteiger partial charge on any atom is 0.255 e. The van der Waals surface area contributed by atoms with Gasteiger partial charge in [-0.25, -0.2) is 4.98 Å². The summed E-state index contributed by atoms with van der Waals surface area (Å²) in [5, 5.41) is 17.5. The highest BCUT2D eigenvalue weighted by Crippen LogP contribution is 2.51. The molecule has 2 saturated carbocycles. The van der Waals surface area contributed by atoms with E-state index in [1.165, 1.54) is 0 Å². The van der Waals surface area contributed by atoms with Gasteiger partial charge >= 0.3 is 0 Å². The zero-order valence-corrected chi connectivity index (χ0v) is 23.9. The number of pyridine rings is 1. The molecule has 1 aliphatic heterocycles. The van der Waals surface area contributed by atoms with Crippen LogP contribution in [0, 0.1) is 37.5 Å². The Hall–Kier alpha value is -3.60. The molecular formula is C30H38FN7O3. The molecular weight excluding hydrogens is 525 g/mol. The van der Waals surface area contributed by atoms with Gasteiger partial charge in [-0.3, -0.25) is 19.4 Å². The molecule has 2 amide bonds. The second-order valence-electron chi connectivity index (χ2n) is 11.7. The van der Waals surface area contributed by atoms with E-state index < -0.39 is 12.0 Å². The molecule has 0 spiro atoms. The Morgan fingerprint density at radius 2 is 1.83 bits per heavy atom. The van der Waals surface area contributed by atoms with Gasteiger partial charge in [-0.2, -0.15) is 14.6 Å². The highest BCUT2D eigenvalue weighted by atomic mass is 19.1. The first-order valence-electron chi connectivity index (χ1n) is 14.8. The summed E-state index contributed by atoms with van der Waals surface area (Å²) >= 11 is 0. The molecule has 3 fully saturated rings. The number of aromatic amines is 1. The van der Waals surface area contributed by atoms with E-state index in [-0.39, 0.29) is 29.6 Å². The lowest BCUT2D eigenvalue weighted by Gasteiger charge is -2.27. The molecule has 10 nitrogen and oxygen atoms in total. The molecule has 3 N–H and O–H groups in total. The van der Waals surface area contributed by atoms with Gasteiger partial charge in [0.15, 0.2) is 0 Å². The van der Waals surface area contributed by atoms with Crippen molar-refractivity contribution in [2.75, 3.05) is 18.5 Å². The first kappa shape index (κ1) is 27.6. The predicted octanol–water partition coefficient (Wildman–Crippen LogP) is 4.51. The first-order valence-corrected chi connectivity index (χ1v) is 14.8. The van der Waals surface area contributed by atoms with E-state index in [1.807, 2.05) is 25.5 Å². The van der Waals surface area contributed by atoms with Gasteiger partial charge in [0.1, 0.15) is 11.9 Å². The van der Waals surface area contributed by atoms with Crippen LogP contribution in [0.5, 0.6) is 0 Å². The first-order chi connectivity index (χ1) is 19.9. The monoisotopic (exact) mass is 563 g/mol. The number of H-pyrrole nitrogens is 1. The summed E-state index contributed by atoms with van der Waals surface area (Å²) in [6.07, 6.45) is 8.16. The molecule has 3 aromatic heterocycles. The molecule has 4 heterocycles. The minimum atomic E-state index is -0.749. The minimum Gasteiger partial charge on any atom is -0.381 e. The fourth-order valence-electron chi connectivity index (χ4n) is 6.38. The largest absolute Gasteiger partial charge is 0.381 e. The summed E-state index contributed by atoms with van der Waals surface area (Å²) in [5.41, 5.74) is 3.80. The second-order valence-corrected chi connectivity index (χ2v) is 11.7. The van der Waals surface area contributed by atoms with Crippen molar-refractivity contribution in [2.24, 2.45) is 17.8 Å². The highest BCUT2D eigenvalue weighted by molar-refractivity contribution is 6.01. The fraction of sp³-hybridized carbons (Fsp3) is 0.567. The fourth-order valence-corrected chi connectivity index (χ4v) is 6.38. The number of rotatable bonds is 10. The Bertz CT molecular complexity index is 1420. The number of hydrogen-bond acceptors (Lipinski definition) is 6. The Balaban J connectivity index is 1.23. The van der Waals surface area contributed by atoms with Crippen molar-refractivity contribution < 1.29 is 18.7 Å². The van der Waals surface area contributed by atoms with E-state index in [9.17, 15) is 9.59 Å². The summed E-state index contributed by atoms with van der Waals surface area (Å²) in [7, 11) is 0. The molecule has 0 unspecified atom stereocenters. The number of carbonyl (C=O) groups excluding carboxylic acids is 2. The van der Waals surface area contributed by atoms with Gasteiger partial charge in [0.25, 0.3) is 5.91 Å². The van der Waals surface area contributed by atoms with Gasteiger partial charge in [-0.05, 0) is 88.7 Å². The molecule has 41 heavy (non-hydrogen) atoms. The molecule has 1 atom stereocenters. The maximum atomic E-state index is 15.2. The van der Waals surface area contributed by atoms with Crippen LogP contribution in [0.1, 0.15) is 78.9 Å². The van der Waals surface area contributed by atoms with E-state index in [0.717, 1.165) is 49.9 Å².